The van der Waals surface area contributed by atoms with Crippen LogP contribution in [0.4, 0.5) is 5.69 Å². The van der Waals surface area contributed by atoms with Crippen LogP contribution < -0.4 is 14.8 Å². The van der Waals surface area contributed by atoms with Crippen LogP contribution in [0.1, 0.15) is 27.9 Å². The first-order valence-corrected chi connectivity index (χ1v) is 10.5. The van der Waals surface area contributed by atoms with Crippen LogP contribution >= 0.6 is 11.3 Å². The van der Waals surface area contributed by atoms with E-state index in [9.17, 15) is 9.59 Å². The first-order valence-electron chi connectivity index (χ1n) is 9.70. The van der Waals surface area contributed by atoms with Crippen molar-refractivity contribution >= 4 is 28.9 Å². The van der Waals surface area contributed by atoms with E-state index in [0.29, 0.717) is 32.8 Å². The van der Waals surface area contributed by atoms with Crippen molar-refractivity contribution in [1.29, 1.82) is 0 Å². The van der Waals surface area contributed by atoms with Gasteiger partial charge in [0.05, 0.1) is 19.9 Å². The highest BCUT2D eigenvalue weighted by Crippen LogP contribution is 2.35. The van der Waals surface area contributed by atoms with Gasteiger partial charge in [-0.25, -0.2) is 9.78 Å². The molecule has 0 aliphatic carbocycles. The highest BCUT2D eigenvalue weighted by molar-refractivity contribution is 7.17. The van der Waals surface area contributed by atoms with Crippen molar-refractivity contribution in [2.75, 3.05) is 26.1 Å². The molecule has 0 fully saturated rings. The van der Waals surface area contributed by atoms with Gasteiger partial charge in [-0.05, 0) is 49.2 Å². The number of nitrogens with one attached hydrogen (secondary N) is 1. The van der Waals surface area contributed by atoms with Gasteiger partial charge in [0.2, 0.25) is 0 Å². The summed E-state index contributed by atoms with van der Waals surface area (Å²) in [6.45, 7) is 3.39. The molecule has 0 atom stereocenters. The molecule has 1 amide bonds. The number of amides is 1. The van der Waals surface area contributed by atoms with Gasteiger partial charge < -0.3 is 19.5 Å². The van der Waals surface area contributed by atoms with E-state index >= 15 is 0 Å². The molecular formula is C23H24N2O5S. The van der Waals surface area contributed by atoms with Crippen LogP contribution in [-0.4, -0.2) is 37.7 Å². The minimum atomic E-state index is -0.584. The third-order valence-corrected chi connectivity index (χ3v) is 5.75. The average molecular weight is 441 g/mol. The van der Waals surface area contributed by atoms with Crippen molar-refractivity contribution < 1.29 is 23.8 Å². The fourth-order valence-corrected chi connectivity index (χ4v) is 3.90. The fraction of sp³-hybridized carbons (Fsp3) is 0.261. The zero-order valence-corrected chi connectivity index (χ0v) is 18.7. The monoisotopic (exact) mass is 440 g/mol. The maximum Gasteiger partial charge on any atom is 0.350 e. The Hall–Kier alpha value is -3.39. The number of carbonyl (C=O) groups is 2. The smallest absolute Gasteiger partial charge is 0.350 e. The molecule has 1 aromatic heterocycles. The first kappa shape index (κ1) is 22.3. The van der Waals surface area contributed by atoms with Crippen molar-refractivity contribution in [1.82, 2.24) is 4.98 Å². The fourth-order valence-electron chi connectivity index (χ4n) is 2.94. The Morgan fingerprint density at radius 2 is 1.84 bits per heavy atom. The van der Waals surface area contributed by atoms with Gasteiger partial charge in [-0.2, -0.15) is 0 Å². The number of methoxy groups -OCH3 is 2. The molecule has 3 aromatic rings. The summed E-state index contributed by atoms with van der Waals surface area (Å²) in [5.74, 6) is 0.193. The van der Waals surface area contributed by atoms with Gasteiger partial charge in [0.25, 0.3) is 5.91 Å². The van der Waals surface area contributed by atoms with E-state index in [1.54, 1.807) is 39.3 Å². The minimum Gasteiger partial charge on any atom is -0.493 e. The molecule has 1 N–H and O–H groups in total. The third kappa shape index (κ3) is 5.40. The SMILES string of the molecule is CCc1cccc(NC(=O)COC(=O)c2sc(-c3ccc(OC)c(OC)c3)nc2C)c1. The molecule has 0 saturated carbocycles. The second-order valence-corrected chi connectivity index (χ2v) is 7.68. The number of ether oxygens (including phenoxy) is 3. The number of aromatic nitrogens is 1. The summed E-state index contributed by atoms with van der Waals surface area (Å²) in [6, 6.07) is 13.0. The molecule has 31 heavy (non-hydrogen) atoms. The number of rotatable bonds is 8. The van der Waals surface area contributed by atoms with Crippen molar-refractivity contribution in [3.05, 3.63) is 58.6 Å². The molecule has 0 saturated heterocycles. The van der Waals surface area contributed by atoms with Crippen LogP contribution in [0.5, 0.6) is 11.5 Å². The van der Waals surface area contributed by atoms with Crippen molar-refractivity contribution in [3.8, 4) is 22.1 Å². The summed E-state index contributed by atoms with van der Waals surface area (Å²) in [7, 11) is 3.12. The molecule has 0 unspecified atom stereocenters. The molecule has 0 bridgehead atoms. The van der Waals surface area contributed by atoms with Crippen molar-refractivity contribution in [3.63, 3.8) is 0 Å². The van der Waals surface area contributed by atoms with E-state index in [4.69, 9.17) is 14.2 Å². The van der Waals surface area contributed by atoms with E-state index in [-0.39, 0.29) is 6.61 Å². The number of carbonyl (C=O) groups excluding carboxylic acids is 2. The molecule has 8 heteroatoms. The second-order valence-electron chi connectivity index (χ2n) is 6.68. The van der Waals surface area contributed by atoms with Crippen LogP contribution in [0, 0.1) is 6.92 Å². The molecule has 0 aliphatic rings. The first-order chi connectivity index (χ1) is 14.9. The number of anilines is 1. The van der Waals surface area contributed by atoms with Gasteiger partial charge in [-0.1, -0.05) is 19.1 Å². The Bertz CT molecular complexity index is 1090. The number of hydrogen-bond acceptors (Lipinski definition) is 7. The molecule has 3 rings (SSSR count). The largest absolute Gasteiger partial charge is 0.493 e. The lowest BCUT2D eigenvalue weighted by atomic mass is 10.1. The van der Waals surface area contributed by atoms with Gasteiger partial charge in [0.15, 0.2) is 18.1 Å². The lowest BCUT2D eigenvalue weighted by Crippen LogP contribution is -2.20. The summed E-state index contributed by atoms with van der Waals surface area (Å²) < 4.78 is 15.8. The molecule has 162 valence electrons. The number of aryl methyl sites for hydroxylation is 2. The molecule has 0 spiro atoms. The van der Waals surface area contributed by atoms with Gasteiger partial charge in [-0.15, -0.1) is 11.3 Å². The molecule has 1 heterocycles. The average Bonchev–Trinajstić information content (AvgIpc) is 3.18. The normalized spacial score (nSPS) is 10.5. The van der Waals surface area contributed by atoms with E-state index in [1.165, 1.54) is 11.3 Å². The second kappa shape index (κ2) is 10.1. The van der Waals surface area contributed by atoms with Gasteiger partial charge in [0, 0.05) is 11.3 Å². The Kier molecular flexibility index (Phi) is 7.25. The van der Waals surface area contributed by atoms with Crippen LogP contribution in [0.15, 0.2) is 42.5 Å². The quantitative estimate of drug-likeness (QED) is 0.519. The number of nitrogens with zero attached hydrogens (tertiary/aromatic N) is 1. The Morgan fingerprint density at radius 1 is 1.06 bits per heavy atom. The van der Waals surface area contributed by atoms with E-state index in [2.05, 4.69) is 10.3 Å². The maximum absolute atomic E-state index is 12.5. The van der Waals surface area contributed by atoms with Gasteiger partial charge >= 0.3 is 5.97 Å². The Labute approximate surface area is 185 Å². The highest BCUT2D eigenvalue weighted by atomic mass is 32.1. The van der Waals surface area contributed by atoms with Gasteiger partial charge in [0.1, 0.15) is 9.88 Å². The predicted octanol–water partition coefficient (Wildman–Crippen LogP) is 4.49. The Morgan fingerprint density at radius 3 is 2.55 bits per heavy atom. The summed E-state index contributed by atoms with van der Waals surface area (Å²) in [5, 5.41) is 3.38. The van der Waals surface area contributed by atoms with Crippen LogP contribution in [0.3, 0.4) is 0 Å². The molecule has 0 aliphatic heterocycles. The molecular weight excluding hydrogens is 416 g/mol. The van der Waals surface area contributed by atoms with E-state index in [1.807, 2.05) is 31.2 Å². The number of thiazole rings is 1. The van der Waals surface area contributed by atoms with Crippen LogP contribution in [0.2, 0.25) is 0 Å². The third-order valence-electron chi connectivity index (χ3n) is 4.57. The number of hydrogen-bond donors (Lipinski definition) is 1. The zero-order chi connectivity index (χ0) is 22.4. The maximum atomic E-state index is 12.5. The predicted molar refractivity (Wildman–Crippen MR) is 120 cm³/mol. The zero-order valence-electron chi connectivity index (χ0n) is 17.9. The topological polar surface area (TPSA) is 86.8 Å². The van der Waals surface area contributed by atoms with E-state index in [0.717, 1.165) is 17.5 Å². The summed E-state index contributed by atoms with van der Waals surface area (Å²) in [5.41, 5.74) is 3.11. The Balaban J connectivity index is 1.66. The van der Waals surface area contributed by atoms with Crippen LogP contribution in [0.25, 0.3) is 10.6 Å². The number of esters is 1. The summed E-state index contributed by atoms with van der Waals surface area (Å²) in [6.07, 6.45) is 0.867. The minimum absolute atomic E-state index is 0.352. The number of benzene rings is 2. The van der Waals surface area contributed by atoms with E-state index < -0.39 is 11.9 Å². The molecule has 0 radical (unpaired) electrons. The molecule has 7 nitrogen and oxygen atoms in total. The summed E-state index contributed by atoms with van der Waals surface area (Å²) >= 11 is 1.20. The molecule has 2 aromatic carbocycles. The van der Waals surface area contributed by atoms with Gasteiger partial charge in [-0.3, -0.25) is 4.79 Å². The van der Waals surface area contributed by atoms with Crippen LogP contribution in [-0.2, 0) is 16.0 Å². The highest BCUT2D eigenvalue weighted by Gasteiger charge is 2.19. The standard InChI is InChI=1S/C23H24N2O5S/c1-5-15-7-6-8-17(11-15)25-20(26)13-30-23(27)21-14(2)24-22(31-21)16-9-10-18(28-3)19(12-16)29-4/h6-12H,5,13H2,1-4H3,(H,25,26). The lowest BCUT2D eigenvalue weighted by Gasteiger charge is -2.08. The van der Waals surface area contributed by atoms with Crippen molar-refractivity contribution in [2.24, 2.45) is 0 Å². The lowest BCUT2D eigenvalue weighted by molar-refractivity contribution is -0.119. The summed E-state index contributed by atoms with van der Waals surface area (Å²) in [4.78, 5) is 29.5. The van der Waals surface area contributed by atoms with Crippen molar-refractivity contribution in [2.45, 2.75) is 20.3 Å².